The van der Waals surface area contributed by atoms with Crippen molar-refractivity contribution in [2.24, 2.45) is 0 Å². The van der Waals surface area contributed by atoms with Gasteiger partial charge in [-0.3, -0.25) is 14.2 Å². The first-order valence-corrected chi connectivity index (χ1v) is 11.5. The van der Waals surface area contributed by atoms with Gasteiger partial charge in [-0.15, -0.1) is 6.42 Å². The summed E-state index contributed by atoms with van der Waals surface area (Å²) in [5.74, 6) is 2.93. The van der Waals surface area contributed by atoms with E-state index in [-0.39, 0.29) is 17.5 Å². The van der Waals surface area contributed by atoms with E-state index in [9.17, 15) is 9.59 Å². The lowest BCUT2D eigenvalue weighted by atomic mass is 10.1. The summed E-state index contributed by atoms with van der Waals surface area (Å²) >= 11 is 0. The van der Waals surface area contributed by atoms with Gasteiger partial charge >= 0.3 is 0 Å². The molecule has 0 unspecified atom stereocenters. The highest BCUT2D eigenvalue weighted by atomic mass is 16.2. The molecule has 0 saturated carbocycles. The molecule has 2 aliphatic heterocycles. The zero-order valence-electron chi connectivity index (χ0n) is 19.1. The number of hydrogen-bond donors (Lipinski definition) is 2. The quantitative estimate of drug-likeness (QED) is 0.561. The molecule has 174 valence electrons. The topological polar surface area (TPSA) is 95.4 Å². The van der Waals surface area contributed by atoms with E-state index in [0.29, 0.717) is 41.9 Å². The van der Waals surface area contributed by atoms with Crippen LogP contribution in [-0.2, 0) is 11.3 Å². The lowest BCUT2D eigenvalue weighted by Crippen LogP contribution is -2.44. The summed E-state index contributed by atoms with van der Waals surface area (Å²) in [6.07, 6.45) is 8.41. The molecule has 5 rings (SSSR count). The second kappa shape index (κ2) is 9.15. The van der Waals surface area contributed by atoms with Gasteiger partial charge in [0.15, 0.2) is 0 Å². The van der Waals surface area contributed by atoms with Crippen molar-refractivity contribution in [3.8, 4) is 12.3 Å². The Bertz CT molecular complexity index is 1320. The molecule has 4 heterocycles. The first-order chi connectivity index (χ1) is 16.5. The molecule has 2 saturated heterocycles. The van der Waals surface area contributed by atoms with E-state index >= 15 is 0 Å². The number of anilines is 3. The average Bonchev–Trinajstić information content (AvgIpc) is 3.26. The van der Waals surface area contributed by atoms with Gasteiger partial charge in [-0.05, 0) is 37.7 Å². The number of piperazine rings is 1. The summed E-state index contributed by atoms with van der Waals surface area (Å²) in [6, 6.07) is 9.49. The van der Waals surface area contributed by atoms with Gasteiger partial charge in [0, 0.05) is 74.4 Å². The van der Waals surface area contributed by atoms with Gasteiger partial charge in [0.25, 0.3) is 5.56 Å². The number of carbonyl (C=O) groups is 1. The lowest BCUT2D eigenvalue weighted by Gasteiger charge is -2.34. The van der Waals surface area contributed by atoms with Crippen LogP contribution in [0.15, 0.2) is 41.3 Å². The van der Waals surface area contributed by atoms with Gasteiger partial charge < -0.3 is 20.4 Å². The van der Waals surface area contributed by atoms with Crippen LogP contribution in [0.2, 0.25) is 0 Å². The fourth-order valence-electron chi connectivity index (χ4n) is 4.49. The van der Waals surface area contributed by atoms with Crippen LogP contribution in [0, 0.1) is 12.3 Å². The Balaban J connectivity index is 1.41. The van der Waals surface area contributed by atoms with Gasteiger partial charge in [-0.25, -0.2) is 4.98 Å². The van der Waals surface area contributed by atoms with Crippen LogP contribution in [0.1, 0.15) is 18.4 Å². The van der Waals surface area contributed by atoms with E-state index in [2.05, 4.69) is 55.5 Å². The van der Waals surface area contributed by atoms with Crippen molar-refractivity contribution in [3.05, 3.63) is 52.4 Å². The molecule has 0 bridgehead atoms. The average molecular weight is 458 g/mol. The maximum atomic E-state index is 12.8. The second-order valence-corrected chi connectivity index (χ2v) is 8.85. The van der Waals surface area contributed by atoms with Gasteiger partial charge in [0.1, 0.15) is 5.65 Å². The van der Waals surface area contributed by atoms with Crippen LogP contribution < -0.4 is 21.1 Å². The summed E-state index contributed by atoms with van der Waals surface area (Å²) < 4.78 is 1.57. The van der Waals surface area contributed by atoms with Gasteiger partial charge in [0.2, 0.25) is 11.9 Å². The van der Waals surface area contributed by atoms with E-state index < -0.39 is 0 Å². The van der Waals surface area contributed by atoms with Crippen molar-refractivity contribution in [1.29, 1.82) is 0 Å². The van der Waals surface area contributed by atoms with Crippen molar-refractivity contribution in [3.63, 3.8) is 0 Å². The second-order valence-electron chi connectivity index (χ2n) is 8.85. The number of nitrogens with one attached hydrogen (secondary N) is 2. The maximum absolute atomic E-state index is 12.8. The number of hydrogen-bond acceptors (Lipinski definition) is 7. The molecular formula is C25H27N7O2. The number of fused-ring (bicyclic) bond motifs is 1. The Hall–Kier alpha value is -3.90. The van der Waals surface area contributed by atoms with Crippen molar-refractivity contribution in [1.82, 2.24) is 24.8 Å². The van der Waals surface area contributed by atoms with Crippen LogP contribution >= 0.6 is 0 Å². The maximum Gasteiger partial charge on any atom is 0.253 e. The third-order valence-corrected chi connectivity index (χ3v) is 6.48. The van der Waals surface area contributed by atoms with Crippen LogP contribution in [0.3, 0.4) is 0 Å². The number of terminal acetylenes is 1. The molecule has 2 N–H and O–H groups in total. The number of aromatic nitrogens is 3. The van der Waals surface area contributed by atoms with Gasteiger partial charge in [-0.1, -0.05) is 5.92 Å². The molecule has 0 aliphatic carbocycles. The Morgan fingerprint density at radius 1 is 1.18 bits per heavy atom. The van der Waals surface area contributed by atoms with E-state index in [1.54, 1.807) is 10.8 Å². The minimum absolute atomic E-state index is 0.000369. The Morgan fingerprint density at radius 2 is 1.94 bits per heavy atom. The molecule has 1 atom stereocenters. The van der Waals surface area contributed by atoms with Crippen LogP contribution in [0.4, 0.5) is 17.3 Å². The Labute approximate surface area is 197 Å². The number of benzene rings is 1. The Kier molecular flexibility index (Phi) is 5.90. The predicted molar refractivity (Wildman–Crippen MR) is 132 cm³/mol. The highest BCUT2D eigenvalue weighted by molar-refractivity contribution is 5.83. The van der Waals surface area contributed by atoms with E-state index in [1.807, 2.05) is 12.1 Å². The number of amides is 1. The normalized spacial score (nSPS) is 18.6. The highest BCUT2D eigenvalue weighted by Crippen LogP contribution is 2.23. The third kappa shape index (κ3) is 4.45. The number of likely N-dealkylation sites (N-methyl/N-ethyl adjacent to an activating group) is 1. The highest BCUT2D eigenvalue weighted by Gasteiger charge is 2.23. The van der Waals surface area contributed by atoms with E-state index in [0.717, 1.165) is 31.9 Å². The predicted octanol–water partition coefficient (Wildman–Crippen LogP) is 1.55. The SMILES string of the molecule is C#Cc1cc(=O)n(C[C@@H]2CCC(=O)N2)c2nc(Nc3ccc(N4CCN(C)CC4)cc3)ncc12. The standard InChI is InChI=1S/C25H27N7O2/c1-3-17-14-23(34)32(16-19-6-9-22(33)27-19)24-21(17)15-26-25(29-24)28-18-4-7-20(8-5-18)31-12-10-30(2)11-13-31/h1,4-5,7-8,14-15,19H,6,9-13,16H2,2H3,(H,27,33)(H,26,28,29)/t19-/m0/s1. The van der Waals surface area contributed by atoms with Crippen LogP contribution in [0.5, 0.6) is 0 Å². The summed E-state index contributed by atoms with van der Waals surface area (Å²) in [7, 11) is 2.14. The lowest BCUT2D eigenvalue weighted by molar-refractivity contribution is -0.119. The van der Waals surface area contributed by atoms with E-state index in [1.165, 1.54) is 11.8 Å². The van der Waals surface area contributed by atoms with E-state index in [4.69, 9.17) is 6.42 Å². The number of carbonyl (C=O) groups excluding carboxylic acids is 1. The van der Waals surface area contributed by atoms with Crippen molar-refractivity contribution in [2.45, 2.75) is 25.4 Å². The summed E-state index contributed by atoms with van der Waals surface area (Å²) in [5, 5.41) is 6.77. The van der Waals surface area contributed by atoms with Gasteiger partial charge in [-0.2, -0.15) is 4.98 Å². The number of nitrogens with zero attached hydrogens (tertiary/aromatic N) is 5. The van der Waals surface area contributed by atoms with Crippen LogP contribution in [-0.4, -0.2) is 64.6 Å². The fourth-order valence-corrected chi connectivity index (χ4v) is 4.49. The molecule has 0 radical (unpaired) electrons. The molecule has 34 heavy (non-hydrogen) atoms. The third-order valence-electron chi connectivity index (χ3n) is 6.48. The molecule has 1 amide bonds. The first-order valence-electron chi connectivity index (χ1n) is 11.5. The summed E-state index contributed by atoms with van der Waals surface area (Å²) in [4.78, 5) is 38.2. The fraction of sp³-hybridized carbons (Fsp3) is 0.360. The molecule has 9 heteroatoms. The van der Waals surface area contributed by atoms with Crippen molar-refractivity contribution in [2.75, 3.05) is 43.4 Å². The van der Waals surface area contributed by atoms with Crippen molar-refractivity contribution < 1.29 is 4.79 Å². The Morgan fingerprint density at radius 3 is 2.62 bits per heavy atom. The molecule has 0 spiro atoms. The van der Waals surface area contributed by atoms with Gasteiger partial charge in [0.05, 0.1) is 5.39 Å². The molecule has 9 nitrogen and oxygen atoms in total. The molecule has 2 aliphatic rings. The molecule has 2 fully saturated rings. The monoisotopic (exact) mass is 457 g/mol. The minimum Gasteiger partial charge on any atom is -0.369 e. The molecule has 3 aromatic rings. The zero-order valence-corrected chi connectivity index (χ0v) is 19.1. The summed E-state index contributed by atoms with van der Waals surface area (Å²) in [5.41, 5.74) is 2.69. The minimum atomic E-state index is -0.247. The smallest absolute Gasteiger partial charge is 0.253 e. The molecule has 2 aromatic heterocycles. The first kappa shape index (κ1) is 21.9. The number of rotatable bonds is 5. The summed E-state index contributed by atoms with van der Waals surface area (Å²) in [6.45, 7) is 4.46. The zero-order chi connectivity index (χ0) is 23.7. The molecular weight excluding hydrogens is 430 g/mol. The largest absolute Gasteiger partial charge is 0.369 e. The molecule has 1 aromatic carbocycles. The van der Waals surface area contributed by atoms with Crippen molar-refractivity contribution >= 4 is 34.3 Å². The number of pyridine rings is 1. The van der Waals surface area contributed by atoms with Crippen LogP contribution in [0.25, 0.3) is 11.0 Å².